The van der Waals surface area contributed by atoms with Crippen LogP contribution in [0.2, 0.25) is 0 Å². The van der Waals surface area contributed by atoms with Gasteiger partial charge in [0.25, 0.3) is 0 Å². The molecule has 0 radical (unpaired) electrons. The Hall–Kier alpha value is -0.800. The lowest BCUT2D eigenvalue weighted by molar-refractivity contribution is 0.0774. The predicted molar refractivity (Wildman–Crippen MR) is 80.0 cm³/mol. The van der Waals surface area contributed by atoms with Crippen LogP contribution >= 0.6 is 0 Å². The van der Waals surface area contributed by atoms with Gasteiger partial charge in [0.15, 0.2) is 0 Å². The van der Waals surface area contributed by atoms with Crippen LogP contribution in [0, 0.1) is 0 Å². The highest BCUT2D eigenvalue weighted by Gasteiger charge is 2.01. The number of hydrogen-bond donors (Lipinski definition) is 0. The lowest BCUT2D eigenvalue weighted by atomic mass is 10.2. The van der Waals surface area contributed by atoms with Crippen molar-refractivity contribution in [1.82, 2.24) is 0 Å². The molecule has 0 aromatic carbocycles. The minimum Gasteiger partial charge on any atom is -0.467 e. The van der Waals surface area contributed by atoms with E-state index in [2.05, 4.69) is 26.0 Å². The Morgan fingerprint density at radius 3 is 1.53 bits per heavy atom. The first-order valence-electron chi connectivity index (χ1n) is 7.24. The molecule has 0 heterocycles. The second-order valence-corrected chi connectivity index (χ2v) is 4.73. The van der Waals surface area contributed by atoms with Crippen molar-refractivity contribution in [1.29, 1.82) is 0 Å². The highest BCUT2D eigenvalue weighted by atomic mass is 16.5. The molecule has 0 aliphatic heterocycles. The lowest BCUT2D eigenvalue weighted by Gasteiger charge is -2.12. The van der Waals surface area contributed by atoms with Crippen molar-refractivity contribution in [3.63, 3.8) is 0 Å². The topological polar surface area (TPSA) is 27.7 Å². The molecule has 19 heavy (non-hydrogen) atoms. The summed E-state index contributed by atoms with van der Waals surface area (Å²) in [6.45, 7) is 13.6. The van der Waals surface area contributed by atoms with Crippen molar-refractivity contribution in [2.24, 2.45) is 0 Å². The average molecular weight is 270 g/mol. The van der Waals surface area contributed by atoms with Crippen molar-refractivity contribution < 1.29 is 14.2 Å². The summed E-state index contributed by atoms with van der Waals surface area (Å²) in [7, 11) is 0. The Bertz CT molecular complexity index is 254. The van der Waals surface area contributed by atoms with Crippen LogP contribution in [-0.4, -0.2) is 25.4 Å². The van der Waals surface area contributed by atoms with Gasteiger partial charge in [-0.1, -0.05) is 0 Å². The van der Waals surface area contributed by atoms with E-state index in [1.54, 1.807) is 0 Å². The summed E-state index contributed by atoms with van der Waals surface area (Å²) in [6, 6.07) is 0. The highest BCUT2D eigenvalue weighted by Crippen LogP contribution is 2.10. The van der Waals surface area contributed by atoms with E-state index in [9.17, 15) is 0 Å². The summed E-state index contributed by atoms with van der Waals surface area (Å²) in [5.74, 6) is 1.84. The minimum atomic E-state index is 0.241. The van der Waals surface area contributed by atoms with Crippen LogP contribution in [0.1, 0.15) is 54.4 Å². The quantitative estimate of drug-likeness (QED) is 0.549. The van der Waals surface area contributed by atoms with Crippen molar-refractivity contribution in [2.75, 3.05) is 13.2 Å². The maximum absolute atomic E-state index is 5.72. The molecule has 0 spiro atoms. The molecule has 0 fully saturated rings. The Labute approximate surface area is 118 Å². The van der Waals surface area contributed by atoms with Crippen LogP contribution in [0.25, 0.3) is 0 Å². The predicted octanol–water partition coefficient (Wildman–Crippen LogP) is 4.44. The monoisotopic (exact) mass is 270 g/mol. The van der Waals surface area contributed by atoms with Gasteiger partial charge in [-0.2, -0.15) is 0 Å². The van der Waals surface area contributed by atoms with Crippen molar-refractivity contribution in [3.8, 4) is 0 Å². The number of hydrogen-bond acceptors (Lipinski definition) is 3. The molecule has 0 saturated heterocycles. The second kappa shape index (κ2) is 11.1. The maximum Gasteiger partial charge on any atom is 0.0966 e. The Morgan fingerprint density at radius 2 is 1.21 bits per heavy atom. The molecule has 0 rings (SSSR count). The normalized spacial score (nSPS) is 16.3. The van der Waals surface area contributed by atoms with Crippen molar-refractivity contribution in [2.45, 2.75) is 66.6 Å². The zero-order valence-electron chi connectivity index (χ0n) is 13.4. The molecule has 3 heteroatoms. The van der Waals surface area contributed by atoms with E-state index in [1.807, 2.05) is 27.7 Å². The van der Waals surface area contributed by atoms with Gasteiger partial charge in [-0.3, -0.25) is 0 Å². The smallest absolute Gasteiger partial charge is 0.0966 e. The van der Waals surface area contributed by atoms with Gasteiger partial charge in [0, 0.05) is 13.2 Å². The second-order valence-electron chi connectivity index (χ2n) is 4.73. The summed E-state index contributed by atoms with van der Waals surface area (Å²) in [5.41, 5.74) is 0. The lowest BCUT2D eigenvalue weighted by Crippen LogP contribution is -2.07. The van der Waals surface area contributed by atoms with E-state index in [0.717, 1.165) is 37.6 Å². The maximum atomic E-state index is 5.72. The average Bonchev–Trinajstić information content (AvgIpc) is 2.35. The SMILES string of the molecule is CCOC(C)CC=C(C)OC(C)=CCC(C)OCC. The molecular weight excluding hydrogens is 240 g/mol. The Kier molecular flexibility index (Phi) is 10.6. The molecule has 2 atom stereocenters. The van der Waals surface area contributed by atoms with Gasteiger partial charge < -0.3 is 14.2 Å². The summed E-state index contributed by atoms with van der Waals surface area (Å²) in [6.07, 6.45) is 6.38. The molecule has 112 valence electrons. The zero-order chi connectivity index (χ0) is 14.7. The molecule has 0 saturated carbocycles. The van der Waals surface area contributed by atoms with Crippen molar-refractivity contribution in [3.05, 3.63) is 23.7 Å². The molecule has 2 unspecified atom stereocenters. The van der Waals surface area contributed by atoms with E-state index < -0.39 is 0 Å². The van der Waals surface area contributed by atoms with Gasteiger partial charge in [-0.05, 0) is 66.5 Å². The van der Waals surface area contributed by atoms with Gasteiger partial charge >= 0.3 is 0 Å². The number of ether oxygens (including phenoxy) is 3. The molecule has 0 bridgehead atoms. The van der Waals surface area contributed by atoms with Crippen LogP contribution in [0.15, 0.2) is 23.7 Å². The molecular formula is C16H30O3. The van der Waals surface area contributed by atoms with Crippen LogP contribution in [0.5, 0.6) is 0 Å². The molecule has 0 aliphatic rings. The summed E-state index contributed by atoms with van der Waals surface area (Å²) in [4.78, 5) is 0. The van der Waals surface area contributed by atoms with Gasteiger partial charge in [0.05, 0.1) is 23.7 Å². The van der Waals surface area contributed by atoms with Crippen LogP contribution in [0.4, 0.5) is 0 Å². The van der Waals surface area contributed by atoms with Crippen molar-refractivity contribution >= 4 is 0 Å². The van der Waals surface area contributed by atoms with E-state index in [0.29, 0.717) is 0 Å². The Balaban J connectivity index is 4.05. The molecule has 0 aliphatic carbocycles. The highest BCUT2D eigenvalue weighted by molar-refractivity contribution is 4.98. The van der Waals surface area contributed by atoms with Gasteiger partial charge in [0.2, 0.25) is 0 Å². The van der Waals surface area contributed by atoms with Gasteiger partial charge in [-0.15, -0.1) is 0 Å². The zero-order valence-corrected chi connectivity index (χ0v) is 13.4. The van der Waals surface area contributed by atoms with E-state index >= 15 is 0 Å². The largest absolute Gasteiger partial charge is 0.467 e. The third kappa shape index (κ3) is 10.8. The van der Waals surface area contributed by atoms with Crippen LogP contribution in [0.3, 0.4) is 0 Å². The van der Waals surface area contributed by atoms with E-state index in [1.165, 1.54) is 0 Å². The van der Waals surface area contributed by atoms with E-state index in [-0.39, 0.29) is 12.2 Å². The fourth-order valence-electron chi connectivity index (χ4n) is 1.71. The van der Waals surface area contributed by atoms with Crippen LogP contribution < -0.4 is 0 Å². The molecule has 0 N–H and O–H groups in total. The molecule has 3 nitrogen and oxygen atoms in total. The summed E-state index contributed by atoms with van der Waals surface area (Å²) in [5, 5.41) is 0. The molecule has 0 aromatic rings. The van der Waals surface area contributed by atoms with Gasteiger partial charge in [-0.25, -0.2) is 0 Å². The van der Waals surface area contributed by atoms with E-state index in [4.69, 9.17) is 14.2 Å². The summed E-state index contributed by atoms with van der Waals surface area (Å²) >= 11 is 0. The summed E-state index contributed by atoms with van der Waals surface area (Å²) < 4.78 is 16.7. The standard InChI is InChI=1S/C16H30O3/c1-7-17-13(3)9-11-15(5)19-16(6)12-10-14(4)18-8-2/h11-14H,7-10H2,1-6H3. The number of allylic oxidation sites excluding steroid dienone is 2. The minimum absolute atomic E-state index is 0.241. The first-order valence-corrected chi connectivity index (χ1v) is 7.24. The third-order valence-corrected chi connectivity index (χ3v) is 2.70. The first kappa shape index (κ1) is 18.2. The van der Waals surface area contributed by atoms with Crippen LogP contribution in [-0.2, 0) is 14.2 Å². The fourth-order valence-corrected chi connectivity index (χ4v) is 1.71. The molecule has 0 amide bonds. The Morgan fingerprint density at radius 1 is 0.842 bits per heavy atom. The fraction of sp³-hybridized carbons (Fsp3) is 0.750. The molecule has 0 aromatic heterocycles. The third-order valence-electron chi connectivity index (χ3n) is 2.70. The number of rotatable bonds is 10. The first-order chi connectivity index (χ1) is 8.99. The van der Waals surface area contributed by atoms with Gasteiger partial charge in [0.1, 0.15) is 0 Å².